The molecule has 9 aromatic rings. The van der Waals surface area contributed by atoms with Crippen LogP contribution in [0.1, 0.15) is 23.6 Å². The van der Waals surface area contributed by atoms with E-state index in [1.54, 1.807) is 0 Å². The summed E-state index contributed by atoms with van der Waals surface area (Å²) in [7, 11) is 0. The fourth-order valence-electron chi connectivity index (χ4n) is 8.16. The molecule has 0 amide bonds. The van der Waals surface area contributed by atoms with Gasteiger partial charge in [-0.3, -0.25) is 4.98 Å². The lowest BCUT2D eigenvalue weighted by molar-refractivity contribution is 0.428. The molecule has 0 fully saturated rings. The topological polar surface area (TPSA) is 60.8 Å². The molecule has 0 bridgehead atoms. The fourth-order valence-corrected chi connectivity index (χ4v) is 8.16. The Kier molecular flexibility index (Phi) is 8.53. The third kappa shape index (κ3) is 6.16. The zero-order chi connectivity index (χ0) is 38.2. The molecule has 1 atom stereocenters. The molecule has 0 N–H and O–H groups in total. The van der Waals surface area contributed by atoms with Crippen molar-refractivity contribution >= 4 is 0 Å². The van der Waals surface area contributed by atoms with E-state index < -0.39 is 5.41 Å². The van der Waals surface area contributed by atoms with Crippen LogP contribution in [-0.2, 0) is 5.41 Å². The molecule has 57 heavy (non-hydrogen) atoms. The lowest BCUT2D eigenvalue weighted by atomic mass is 9.67. The van der Waals surface area contributed by atoms with Crippen LogP contribution in [0.4, 0.5) is 0 Å². The van der Waals surface area contributed by atoms with Crippen LogP contribution in [-0.4, -0.2) is 19.9 Å². The SMILES string of the molecule is CC1(c2ccccc2)c2ccccc2Oc2cccc(-c3cc(-c4nc(-c5ccccc5)nc(-c5ccccc5)n4)cc(-c4ccncc4-c4ccccc4)c3)c21. The lowest BCUT2D eigenvalue weighted by Crippen LogP contribution is -2.30. The third-order valence-corrected chi connectivity index (χ3v) is 10.9. The average molecular weight is 733 g/mol. The summed E-state index contributed by atoms with van der Waals surface area (Å²) in [4.78, 5) is 19.9. The molecule has 270 valence electrons. The molecule has 2 aromatic heterocycles. The van der Waals surface area contributed by atoms with Crippen LogP contribution in [0.2, 0.25) is 0 Å². The van der Waals surface area contributed by atoms with Crippen LogP contribution in [0.25, 0.3) is 67.5 Å². The first-order valence-corrected chi connectivity index (χ1v) is 19.1. The maximum absolute atomic E-state index is 6.75. The number of fused-ring (bicyclic) bond motifs is 2. The zero-order valence-corrected chi connectivity index (χ0v) is 31.2. The standard InChI is InChI=1S/C52H36N4O/c1-52(41-23-12-5-13-24-41)45-26-14-15-27-46(45)57-47-28-16-25-43(48(47)52)39-31-38(42-29-30-53-34-44(42)35-17-6-2-7-18-35)32-40(33-39)51-55-49(36-19-8-3-9-20-36)54-50(56-51)37-21-10-4-11-22-37/h2-34H,1H3. The molecule has 1 unspecified atom stereocenters. The van der Waals surface area contributed by atoms with E-state index in [2.05, 4.69) is 127 Å². The predicted octanol–water partition coefficient (Wildman–Crippen LogP) is 12.7. The highest BCUT2D eigenvalue weighted by Crippen LogP contribution is 2.55. The van der Waals surface area contributed by atoms with Gasteiger partial charge in [0.2, 0.25) is 0 Å². The maximum atomic E-state index is 6.75. The summed E-state index contributed by atoms with van der Waals surface area (Å²) >= 11 is 0. The predicted molar refractivity (Wildman–Crippen MR) is 229 cm³/mol. The largest absolute Gasteiger partial charge is 0.457 e. The van der Waals surface area contributed by atoms with Gasteiger partial charge in [0.15, 0.2) is 17.5 Å². The molecule has 10 rings (SSSR count). The van der Waals surface area contributed by atoms with Crippen LogP contribution in [0.3, 0.4) is 0 Å². The smallest absolute Gasteiger partial charge is 0.164 e. The van der Waals surface area contributed by atoms with E-state index in [-0.39, 0.29) is 0 Å². The number of nitrogens with zero attached hydrogens (tertiary/aromatic N) is 4. The number of pyridine rings is 1. The van der Waals surface area contributed by atoms with E-state index in [1.807, 2.05) is 85.2 Å². The van der Waals surface area contributed by atoms with E-state index in [4.69, 9.17) is 19.7 Å². The Morgan fingerprint density at radius 3 is 1.56 bits per heavy atom. The molecular weight excluding hydrogens is 697 g/mol. The van der Waals surface area contributed by atoms with Gasteiger partial charge in [0.05, 0.1) is 5.41 Å². The Bertz CT molecular complexity index is 2820. The average Bonchev–Trinajstić information content (AvgIpc) is 3.30. The van der Waals surface area contributed by atoms with Crippen LogP contribution in [0.15, 0.2) is 200 Å². The van der Waals surface area contributed by atoms with E-state index in [1.165, 1.54) is 5.56 Å². The first-order valence-electron chi connectivity index (χ1n) is 19.1. The minimum Gasteiger partial charge on any atom is -0.457 e. The maximum Gasteiger partial charge on any atom is 0.164 e. The summed E-state index contributed by atoms with van der Waals surface area (Å²) in [5, 5.41) is 0. The Morgan fingerprint density at radius 1 is 0.404 bits per heavy atom. The minimum atomic E-state index is -0.530. The molecule has 5 heteroatoms. The highest BCUT2D eigenvalue weighted by molar-refractivity contribution is 5.89. The number of hydrogen-bond donors (Lipinski definition) is 0. The van der Waals surface area contributed by atoms with Crippen molar-refractivity contribution in [2.75, 3.05) is 0 Å². The van der Waals surface area contributed by atoms with Crippen LogP contribution in [0, 0.1) is 0 Å². The van der Waals surface area contributed by atoms with E-state index >= 15 is 0 Å². The van der Waals surface area contributed by atoms with Crippen molar-refractivity contribution in [3.05, 3.63) is 217 Å². The summed E-state index contributed by atoms with van der Waals surface area (Å²) < 4.78 is 6.75. The fraction of sp³-hybridized carbons (Fsp3) is 0.0385. The van der Waals surface area contributed by atoms with Crippen LogP contribution >= 0.6 is 0 Å². The zero-order valence-electron chi connectivity index (χ0n) is 31.2. The third-order valence-electron chi connectivity index (χ3n) is 10.9. The van der Waals surface area contributed by atoms with Crippen molar-refractivity contribution in [3.8, 4) is 79.0 Å². The molecule has 7 aromatic carbocycles. The Morgan fingerprint density at radius 2 is 0.912 bits per heavy atom. The molecule has 3 heterocycles. The second kappa shape index (κ2) is 14.3. The van der Waals surface area contributed by atoms with Crippen molar-refractivity contribution in [2.45, 2.75) is 12.3 Å². The molecular formula is C52H36N4O. The van der Waals surface area contributed by atoms with E-state index in [9.17, 15) is 0 Å². The summed E-state index contributed by atoms with van der Waals surface area (Å²) in [6.45, 7) is 2.32. The van der Waals surface area contributed by atoms with Gasteiger partial charge < -0.3 is 4.74 Å². The first kappa shape index (κ1) is 34.0. The molecule has 0 saturated heterocycles. The molecule has 0 saturated carbocycles. The number of hydrogen-bond acceptors (Lipinski definition) is 5. The highest BCUT2D eigenvalue weighted by Gasteiger charge is 2.41. The van der Waals surface area contributed by atoms with Gasteiger partial charge in [0.25, 0.3) is 0 Å². The molecule has 0 radical (unpaired) electrons. The second-order valence-electron chi connectivity index (χ2n) is 14.4. The summed E-state index contributed by atoms with van der Waals surface area (Å²) in [6, 6.07) is 64.9. The van der Waals surface area contributed by atoms with Gasteiger partial charge in [-0.15, -0.1) is 0 Å². The Balaban J connectivity index is 1.26. The van der Waals surface area contributed by atoms with Crippen LogP contribution in [0.5, 0.6) is 11.5 Å². The number of rotatable bonds is 7. The number of benzene rings is 7. The normalized spacial score (nSPS) is 14.3. The van der Waals surface area contributed by atoms with Crippen molar-refractivity contribution in [2.24, 2.45) is 0 Å². The van der Waals surface area contributed by atoms with Gasteiger partial charge >= 0.3 is 0 Å². The van der Waals surface area contributed by atoms with Gasteiger partial charge in [-0.05, 0) is 76.7 Å². The van der Waals surface area contributed by atoms with E-state index in [0.717, 1.165) is 72.7 Å². The Labute approximate surface area is 332 Å². The summed E-state index contributed by atoms with van der Waals surface area (Å²) in [6.07, 6.45) is 3.81. The van der Waals surface area contributed by atoms with Crippen molar-refractivity contribution < 1.29 is 4.74 Å². The quantitative estimate of drug-likeness (QED) is 0.163. The van der Waals surface area contributed by atoms with Gasteiger partial charge in [0, 0.05) is 45.8 Å². The Hall–Kier alpha value is -7.50. The molecule has 0 aliphatic carbocycles. The van der Waals surface area contributed by atoms with Crippen LogP contribution < -0.4 is 4.74 Å². The highest BCUT2D eigenvalue weighted by atomic mass is 16.5. The number of aromatic nitrogens is 4. The van der Waals surface area contributed by atoms with Gasteiger partial charge in [0.1, 0.15) is 11.5 Å². The lowest BCUT2D eigenvalue weighted by Gasteiger charge is -2.39. The van der Waals surface area contributed by atoms with E-state index in [0.29, 0.717) is 17.5 Å². The van der Waals surface area contributed by atoms with Gasteiger partial charge in [-0.25, -0.2) is 15.0 Å². The number of ether oxygens (including phenoxy) is 1. The molecule has 1 aliphatic rings. The van der Waals surface area contributed by atoms with Gasteiger partial charge in [-0.1, -0.05) is 152 Å². The summed E-state index contributed by atoms with van der Waals surface area (Å²) in [5.74, 6) is 3.49. The summed E-state index contributed by atoms with van der Waals surface area (Å²) in [5.41, 5.74) is 11.8. The van der Waals surface area contributed by atoms with Crippen molar-refractivity contribution in [1.82, 2.24) is 19.9 Å². The second-order valence-corrected chi connectivity index (χ2v) is 14.4. The molecule has 0 spiro atoms. The monoisotopic (exact) mass is 732 g/mol. The van der Waals surface area contributed by atoms with Gasteiger partial charge in [-0.2, -0.15) is 0 Å². The number of para-hydroxylation sites is 1. The molecule has 1 aliphatic heterocycles. The molecule has 5 nitrogen and oxygen atoms in total. The van der Waals surface area contributed by atoms with Crippen molar-refractivity contribution in [1.29, 1.82) is 0 Å². The minimum absolute atomic E-state index is 0.530. The first-order chi connectivity index (χ1) is 28.1. The van der Waals surface area contributed by atoms with Crippen molar-refractivity contribution in [3.63, 3.8) is 0 Å².